The first-order valence-electron chi connectivity index (χ1n) is 8.39. The zero-order valence-electron chi connectivity index (χ0n) is 15.7. The summed E-state index contributed by atoms with van der Waals surface area (Å²) in [5.41, 5.74) is -0.289. The number of phosphoric acid groups is 3. The maximum Gasteiger partial charge on any atom is 0.490 e. The fourth-order valence-electron chi connectivity index (χ4n) is 3.59. The van der Waals surface area contributed by atoms with E-state index in [1.54, 1.807) is 0 Å². The summed E-state index contributed by atoms with van der Waals surface area (Å²) in [6.45, 7) is 1.24. The molecule has 0 amide bonds. The molecule has 0 radical (unpaired) electrons. The number of ether oxygens (including phenoxy) is 1. The molecule has 4 unspecified atom stereocenters. The van der Waals surface area contributed by atoms with Gasteiger partial charge in [-0.2, -0.15) is 17.4 Å². The lowest BCUT2D eigenvalue weighted by Crippen LogP contribution is -2.55. The fourth-order valence-corrected chi connectivity index (χ4v) is 6.84. The van der Waals surface area contributed by atoms with E-state index in [0.717, 1.165) is 12.3 Å². The lowest BCUT2D eigenvalue weighted by molar-refractivity contribution is -0.230. The lowest BCUT2D eigenvalue weighted by Gasteiger charge is -2.37. The minimum absolute atomic E-state index is 0.185. The molecule has 1 saturated carbocycles. The van der Waals surface area contributed by atoms with Crippen LogP contribution in [0.5, 0.6) is 0 Å². The van der Waals surface area contributed by atoms with Crippen molar-refractivity contribution in [2.75, 3.05) is 0 Å². The van der Waals surface area contributed by atoms with E-state index in [1.807, 2.05) is 0 Å². The summed E-state index contributed by atoms with van der Waals surface area (Å²) in [6.07, 6.45) is -5.03. The molecule has 1 saturated heterocycles. The van der Waals surface area contributed by atoms with Crippen LogP contribution in [-0.2, 0) is 31.6 Å². The smallest absolute Gasteiger partial charge is 0.384 e. The standard InChI is InChI=1S/C11H18F2N3O13P3/c1-2-9-6(27-31(22,23)29-32(24,25)28-30(19,20)21)10(9,18)11(12,13)7(26-9)16-4-3-5(14)15-8(16)17/h3-4,6-8,17-18H,2H2,1H3,(H2,14,15)(H,22,23)(H,24,25)(H2,19,20,21)/t6?,7-,8?,9-,10-/m1/s1. The molecule has 21 heteroatoms. The number of alkyl halides is 2. The molecule has 0 aromatic rings. The molecule has 0 aromatic heterocycles. The number of nitrogens with two attached hydrogens (primary N) is 1. The highest BCUT2D eigenvalue weighted by molar-refractivity contribution is 7.66. The van der Waals surface area contributed by atoms with Crippen molar-refractivity contribution in [3.63, 3.8) is 0 Å². The average Bonchev–Trinajstić information content (AvgIpc) is 3.00. The molecule has 0 bridgehead atoms. The van der Waals surface area contributed by atoms with E-state index in [0.29, 0.717) is 4.90 Å². The topological polar surface area (TPSA) is 251 Å². The van der Waals surface area contributed by atoms with E-state index in [-0.39, 0.29) is 5.84 Å². The Morgan fingerprint density at radius 2 is 1.81 bits per heavy atom. The third kappa shape index (κ3) is 4.09. The van der Waals surface area contributed by atoms with Crippen LogP contribution < -0.4 is 5.73 Å². The number of rotatable bonds is 8. The van der Waals surface area contributed by atoms with Gasteiger partial charge in [-0.1, -0.05) is 6.92 Å². The maximum atomic E-state index is 15.1. The highest BCUT2D eigenvalue weighted by Crippen LogP contribution is 2.74. The maximum absolute atomic E-state index is 15.1. The molecule has 8 N–H and O–H groups in total. The molecule has 16 nitrogen and oxygen atoms in total. The Labute approximate surface area is 177 Å². The fraction of sp³-hybridized carbons (Fsp3) is 0.727. The number of amidine groups is 1. The van der Waals surface area contributed by atoms with Crippen molar-refractivity contribution in [2.24, 2.45) is 10.7 Å². The van der Waals surface area contributed by atoms with Gasteiger partial charge in [-0.25, -0.2) is 18.7 Å². The molecule has 0 aromatic carbocycles. The van der Waals surface area contributed by atoms with E-state index < -0.39 is 65.7 Å². The first kappa shape index (κ1) is 25.8. The Morgan fingerprint density at radius 1 is 1.22 bits per heavy atom. The molecule has 2 fully saturated rings. The van der Waals surface area contributed by atoms with Crippen LogP contribution in [0.15, 0.2) is 17.3 Å². The summed E-state index contributed by atoms with van der Waals surface area (Å²) in [5.74, 6) is -4.47. The van der Waals surface area contributed by atoms with Crippen LogP contribution in [0.3, 0.4) is 0 Å². The first-order chi connectivity index (χ1) is 14.3. The van der Waals surface area contributed by atoms with Gasteiger partial charge in [-0.05, 0) is 12.5 Å². The van der Waals surface area contributed by atoms with Gasteiger partial charge in [-0.3, -0.25) is 4.52 Å². The van der Waals surface area contributed by atoms with Gasteiger partial charge in [-0.15, -0.1) is 0 Å². The molecule has 7 atom stereocenters. The highest BCUT2D eigenvalue weighted by Gasteiger charge is 2.96. The zero-order chi connectivity index (χ0) is 24.5. The molecule has 1 aliphatic carbocycles. The first-order valence-corrected chi connectivity index (χ1v) is 12.9. The minimum Gasteiger partial charge on any atom is -0.384 e. The molecule has 3 aliphatic rings. The second-order valence-electron chi connectivity index (χ2n) is 6.84. The molecular weight excluding hydrogens is 513 g/mol. The number of aliphatic imine (C=N–C) groups is 1. The number of halogens is 2. The van der Waals surface area contributed by atoms with Crippen LogP contribution in [0, 0.1) is 0 Å². The quantitative estimate of drug-likeness (QED) is 0.186. The predicted molar refractivity (Wildman–Crippen MR) is 95.1 cm³/mol. The summed E-state index contributed by atoms with van der Waals surface area (Å²) in [6, 6.07) is 0. The number of hydrogen-bond acceptors (Lipinski definition) is 12. The van der Waals surface area contributed by atoms with Crippen LogP contribution in [0.2, 0.25) is 0 Å². The largest absolute Gasteiger partial charge is 0.490 e. The molecular formula is C11H18F2N3O13P3. The van der Waals surface area contributed by atoms with Crippen LogP contribution in [-0.4, -0.2) is 76.3 Å². The predicted octanol–water partition coefficient (Wildman–Crippen LogP) is -0.954. The van der Waals surface area contributed by atoms with Crippen LogP contribution in [0.25, 0.3) is 0 Å². The van der Waals surface area contributed by atoms with E-state index in [9.17, 15) is 33.7 Å². The van der Waals surface area contributed by atoms with Crippen LogP contribution >= 0.6 is 23.5 Å². The third-order valence-electron chi connectivity index (χ3n) is 4.90. The van der Waals surface area contributed by atoms with Gasteiger partial charge in [0.25, 0.3) is 0 Å². The van der Waals surface area contributed by atoms with E-state index in [1.165, 1.54) is 6.92 Å². The summed E-state index contributed by atoms with van der Waals surface area (Å²) in [7, 11) is -17.4. The summed E-state index contributed by atoms with van der Waals surface area (Å²) in [5, 5.41) is 20.5. The van der Waals surface area contributed by atoms with Crippen molar-refractivity contribution in [1.82, 2.24) is 4.90 Å². The van der Waals surface area contributed by atoms with Crippen molar-refractivity contribution in [3.8, 4) is 0 Å². The lowest BCUT2D eigenvalue weighted by atomic mass is 10.1. The van der Waals surface area contributed by atoms with Crippen LogP contribution in [0.1, 0.15) is 13.3 Å². The second-order valence-corrected chi connectivity index (χ2v) is 11.2. The molecule has 3 rings (SSSR count). The van der Waals surface area contributed by atoms with Gasteiger partial charge in [0.05, 0.1) is 0 Å². The summed E-state index contributed by atoms with van der Waals surface area (Å²) >= 11 is 0. The van der Waals surface area contributed by atoms with Gasteiger partial charge in [0.1, 0.15) is 17.5 Å². The minimum atomic E-state index is -5.92. The van der Waals surface area contributed by atoms with Gasteiger partial charge >= 0.3 is 29.4 Å². The summed E-state index contributed by atoms with van der Waals surface area (Å²) < 4.78 is 81.0. The zero-order valence-corrected chi connectivity index (χ0v) is 18.4. The van der Waals surface area contributed by atoms with Gasteiger partial charge < -0.3 is 45.2 Å². The van der Waals surface area contributed by atoms with Gasteiger partial charge in [0.2, 0.25) is 12.6 Å². The third-order valence-corrected chi connectivity index (χ3v) is 8.71. The Bertz CT molecular complexity index is 1000. The van der Waals surface area contributed by atoms with Crippen molar-refractivity contribution in [2.45, 2.75) is 49.2 Å². The Morgan fingerprint density at radius 3 is 2.28 bits per heavy atom. The summed E-state index contributed by atoms with van der Waals surface area (Å²) in [4.78, 5) is 39.8. The number of fused-ring (bicyclic) bond motifs is 1. The normalized spacial score (nSPS) is 39.7. The number of phosphoric ester groups is 1. The molecule has 32 heavy (non-hydrogen) atoms. The Hall–Kier alpha value is -0.840. The number of hydrogen-bond donors (Lipinski definition) is 7. The van der Waals surface area contributed by atoms with Crippen molar-refractivity contribution in [3.05, 3.63) is 12.3 Å². The van der Waals surface area contributed by atoms with Crippen molar-refractivity contribution < 1.29 is 70.1 Å². The highest BCUT2D eigenvalue weighted by atomic mass is 31.3. The number of aliphatic hydroxyl groups excluding tert-OH is 1. The molecule has 2 aliphatic heterocycles. The average molecular weight is 531 g/mol. The molecule has 2 heterocycles. The van der Waals surface area contributed by atoms with Gasteiger partial charge in [0.15, 0.2) is 5.60 Å². The number of aliphatic hydroxyl groups is 2. The van der Waals surface area contributed by atoms with Gasteiger partial charge in [0, 0.05) is 6.20 Å². The van der Waals surface area contributed by atoms with Crippen molar-refractivity contribution >= 4 is 29.3 Å². The van der Waals surface area contributed by atoms with Crippen molar-refractivity contribution in [1.29, 1.82) is 0 Å². The second kappa shape index (κ2) is 7.58. The number of nitrogens with zero attached hydrogens (tertiary/aromatic N) is 2. The SMILES string of the molecule is CC[C@]12O[C@@H](N3C=CC(N)=NC3O)C(F)(F)[C@@]1(O)C2OP(=O)(O)OP(=O)(O)OP(=O)(O)O. The van der Waals surface area contributed by atoms with E-state index in [2.05, 4.69) is 18.1 Å². The Kier molecular flexibility index (Phi) is 6.11. The van der Waals surface area contributed by atoms with Crippen LogP contribution in [0.4, 0.5) is 8.78 Å². The van der Waals surface area contributed by atoms with E-state index >= 15 is 8.78 Å². The molecule has 0 spiro atoms. The Balaban J connectivity index is 1.82. The monoisotopic (exact) mass is 531 g/mol. The molecule has 184 valence electrons. The van der Waals surface area contributed by atoms with E-state index in [4.69, 9.17) is 20.3 Å².